The third kappa shape index (κ3) is 1.92. The number of fused-ring (bicyclic) bond motifs is 1. The number of carboxylic acids is 1. The summed E-state index contributed by atoms with van der Waals surface area (Å²) in [7, 11) is 1.55. The molecule has 3 aromatic rings. The number of H-pyrrole nitrogens is 1. The van der Waals surface area contributed by atoms with E-state index in [4.69, 9.17) is 9.84 Å². The van der Waals surface area contributed by atoms with Gasteiger partial charge < -0.3 is 14.8 Å². The van der Waals surface area contributed by atoms with Crippen LogP contribution in [0.1, 0.15) is 10.4 Å². The number of aromatic carboxylic acids is 1. The first-order chi connectivity index (χ1) is 9.60. The fraction of sp³-hybridized carbons (Fsp3) is 0.0769. The summed E-state index contributed by atoms with van der Waals surface area (Å²) in [4.78, 5) is 18.9. The van der Waals surface area contributed by atoms with Crippen LogP contribution in [0.5, 0.6) is 5.75 Å². The van der Waals surface area contributed by atoms with Crippen molar-refractivity contribution in [3.63, 3.8) is 0 Å². The van der Waals surface area contributed by atoms with Gasteiger partial charge in [0.2, 0.25) is 0 Å². The maximum atomic E-state index is 13.6. The molecule has 0 bridgehead atoms. The van der Waals surface area contributed by atoms with Crippen LogP contribution in [0.3, 0.4) is 0 Å². The first-order valence-corrected chi connectivity index (χ1v) is 6.52. The smallest absolute Gasteiger partial charge is 0.338 e. The van der Waals surface area contributed by atoms with Gasteiger partial charge in [-0.05, 0) is 17.5 Å². The predicted octanol–water partition coefficient (Wildman–Crippen LogP) is 3.14. The Bertz CT molecular complexity index is 809. The number of carboxylic acid groups (broad SMARTS) is 1. The molecule has 0 aliphatic heterocycles. The number of carbonyl (C=O) groups is 1. The molecule has 3 rings (SSSR count). The lowest BCUT2D eigenvalue weighted by molar-refractivity contribution is 0.0692. The fourth-order valence-electron chi connectivity index (χ4n) is 1.93. The molecule has 2 aromatic heterocycles. The minimum absolute atomic E-state index is 0.395. The summed E-state index contributed by atoms with van der Waals surface area (Å²) in [6, 6.07) is 4.15. The number of benzene rings is 1. The first kappa shape index (κ1) is 12.6. The lowest BCUT2D eigenvalue weighted by Crippen LogP contribution is -1.99. The molecule has 0 amide bonds. The van der Waals surface area contributed by atoms with Gasteiger partial charge in [-0.3, -0.25) is 0 Å². The van der Waals surface area contributed by atoms with Crippen LogP contribution in [0.2, 0.25) is 0 Å². The normalized spacial score (nSPS) is 10.9. The average molecular weight is 292 g/mol. The molecule has 0 fully saturated rings. The number of nitrogens with one attached hydrogen (secondary N) is 1. The lowest BCUT2D eigenvalue weighted by Gasteiger charge is -1.97. The number of thiophene rings is 1. The van der Waals surface area contributed by atoms with E-state index in [0.29, 0.717) is 22.6 Å². The third-order valence-electron chi connectivity index (χ3n) is 2.87. The highest BCUT2D eigenvalue weighted by Gasteiger charge is 2.16. The summed E-state index contributed by atoms with van der Waals surface area (Å²) < 4.78 is 18.8. The van der Waals surface area contributed by atoms with E-state index >= 15 is 0 Å². The molecule has 0 saturated heterocycles. The zero-order valence-electron chi connectivity index (χ0n) is 10.3. The quantitative estimate of drug-likeness (QED) is 0.777. The van der Waals surface area contributed by atoms with Crippen LogP contribution in [0.15, 0.2) is 23.6 Å². The Balaban J connectivity index is 2.18. The number of rotatable bonds is 3. The fourth-order valence-corrected chi connectivity index (χ4v) is 2.74. The number of aromatic amines is 1. The van der Waals surface area contributed by atoms with Crippen LogP contribution >= 0.6 is 11.3 Å². The molecule has 0 aliphatic rings. The summed E-state index contributed by atoms with van der Waals surface area (Å²) in [5.74, 6) is -0.928. The molecule has 0 unspecified atom stereocenters. The van der Waals surface area contributed by atoms with Gasteiger partial charge >= 0.3 is 5.97 Å². The average Bonchev–Trinajstić information content (AvgIpc) is 3.02. The van der Waals surface area contributed by atoms with E-state index in [1.165, 1.54) is 17.4 Å². The topological polar surface area (TPSA) is 75.2 Å². The Morgan fingerprint density at radius 3 is 3.00 bits per heavy atom. The van der Waals surface area contributed by atoms with Crippen molar-refractivity contribution in [2.24, 2.45) is 0 Å². The van der Waals surface area contributed by atoms with Gasteiger partial charge in [-0.15, -0.1) is 11.3 Å². The number of halogens is 1. The van der Waals surface area contributed by atoms with E-state index in [2.05, 4.69) is 9.97 Å². The van der Waals surface area contributed by atoms with Gasteiger partial charge in [0, 0.05) is 6.07 Å². The minimum Gasteiger partial charge on any atom is -0.495 e. The van der Waals surface area contributed by atoms with Crippen molar-refractivity contribution in [2.75, 3.05) is 7.11 Å². The molecule has 1 aromatic carbocycles. The van der Waals surface area contributed by atoms with Crippen molar-refractivity contribution < 1.29 is 19.0 Å². The number of methoxy groups -OCH3 is 1. The molecular formula is C13H9FN2O3S. The molecule has 20 heavy (non-hydrogen) atoms. The summed E-state index contributed by atoms with van der Waals surface area (Å²) in [5.41, 5.74) is 0.445. The van der Waals surface area contributed by atoms with Crippen LogP contribution < -0.4 is 4.74 Å². The number of hydrogen-bond donors (Lipinski definition) is 2. The Morgan fingerprint density at radius 1 is 1.50 bits per heavy atom. The van der Waals surface area contributed by atoms with Gasteiger partial charge in [0.1, 0.15) is 16.4 Å². The van der Waals surface area contributed by atoms with E-state index in [1.54, 1.807) is 13.2 Å². The molecule has 0 atom stereocenters. The molecular weight excluding hydrogens is 283 g/mol. The van der Waals surface area contributed by atoms with E-state index in [9.17, 15) is 9.18 Å². The van der Waals surface area contributed by atoms with Crippen LogP contribution in [-0.2, 0) is 0 Å². The second-order valence-electron chi connectivity index (χ2n) is 4.06. The number of aromatic nitrogens is 2. The second-order valence-corrected chi connectivity index (χ2v) is 4.97. The van der Waals surface area contributed by atoms with Gasteiger partial charge in [-0.25, -0.2) is 14.2 Å². The van der Waals surface area contributed by atoms with Crippen molar-refractivity contribution in [3.8, 4) is 16.5 Å². The van der Waals surface area contributed by atoms with Crippen LogP contribution in [0, 0.1) is 5.82 Å². The molecule has 0 spiro atoms. The van der Waals surface area contributed by atoms with Crippen molar-refractivity contribution in [3.05, 3.63) is 35.0 Å². The maximum Gasteiger partial charge on any atom is 0.338 e. The molecule has 0 saturated carbocycles. The lowest BCUT2D eigenvalue weighted by atomic mass is 10.2. The zero-order chi connectivity index (χ0) is 14.3. The zero-order valence-corrected chi connectivity index (χ0v) is 11.1. The van der Waals surface area contributed by atoms with Crippen LogP contribution in [-0.4, -0.2) is 28.2 Å². The van der Waals surface area contributed by atoms with Gasteiger partial charge in [0.25, 0.3) is 0 Å². The summed E-state index contributed by atoms with van der Waals surface area (Å²) in [6.07, 6.45) is 0. The third-order valence-corrected chi connectivity index (χ3v) is 3.77. The molecule has 0 radical (unpaired) electrons. The van der Waals surface area contributed by atoms with E-state index < -0.39 is 17.3 Å². The molecule has 2 N–H and O–H groups in total. The van der Waals surface area contributed by atoms with E-state index in [-0.39, 0.29) is 0 Å². The summed E-state index contributed by atoms with van der Waals surface area (Å²) in [6.45, 7) is 0. The van der Waals surface area contributed by atoms with Crippen molar-refractivity contribution in [1.29, 1.82) is 0 Å². The maximum absolute atomic E-state index is 13.6. The van der Waals surface area contributed by atoms with Crippen molar-refractivity contribution in [2.45, 2.75) is 0 Å². The molecule has 5 nitrogen and oxygen atoms in total. The Hall–Kier alpha value is -2.41. The van der Waals surface area contributed by atoms with Crippen LogP contribution in [0.4, 0.5) is 4.39 Å². The van der Waals surface area contributed by atoms with Gasteiger partial charge in [0.15, 0.2) is 5.82 Å². The van der Waals surface area contributed by atoms with E-state index in [0.717, 1.165) is 10.9 Å². The monoisotopic (exact) mass is 292 g/mol. The number of hydrogen-bond acceptors (Lipinski definition) is 4. The largest absolute Gasteiger partial charge is 0.495 e. The number of nitrogens with zero attached hydrogens (tertiary/aromatic N) is 1. The number of imidazole rings is 1. The van der Waals surface area contributed by atoms with E-state index in [1.807, 2.05) is 5.38 Å². The molecule has 0 aliphatic carbocycles. The minimum atomic E-state index is -1.32. The SMILES string of the molecule is COc1ccsc1-c1nc2cc(C(=O)O)c(F)cc2[nH]1. The van der Waals surface area contributed by atoms with Crippen molar-refractivity contribution in [1.82, 2.24) is 9.97 Å². The Morgan fingerprint density at radius 2 is 2.30 bits per heavy atom. The van der Waals surface area contributed by atoms with Gasteiger partial charge in [0.05, 0.1) is 23.7 Å². The molecule has 102 valence electrons. The summed E-state index contributed by atoms with van der Waals surface area (Å²) >= 11 is 1.43. The molecule has 7 heteroatoms. The standard InChI is InChI=1S/C13H9FN2O3S/c1-19-10-2-3-20-11(10)12-15-8-4-6(13(17)18)7(14)5-9(8)16-12/h2-5H,1H3,(H,15,16)(H,17,18). The highest BCUT2D eigenvalue weighted by molar-refractivity contribution is 7.13. The van der Waals surface area contributed by atoms with Crippen LogP contribution in [0.25, 0.3) is 21.7 Å². The highest BCUT2D eigenvalue weighted by atomic mass is 32.1. The van der Waals surface area contributed by atoms with Gasteiger partial charge in [-0.2, -0.15) is 0 Å². The Kier molecular flexibility index (Phi) is 2.90. The predicted molar refractivity (Wildman–Crippen MR) is 72.9 cm³/mol. The Labute approximate surface area is 116 Å². The van der Waals surface area contributed by atoms with Crippen molar-refractivity contribution >= 4 is 28.3 Å². The first-order valence-electron chi connectivity index (χ1n) is 5.64. The molecule has 2 heterocycles. The number of ether oxygens (including phenoxy) is 1. The second kappa shape index (κ2) is 4.61. The van der Waals surface area contributed by atoms with Gasteiger partial charge in [-0.1, -0.05) is 0 Å². The highest BCUT2D eigenvalue weighted by Crippen LogP contribution is 2.34. The summed E-state index contributed by atoms with van der Waals surface area (Å²) in [5, 5.41) is 10.8.